The summed E-state index contributed by atoms with van der Waals surface area (Å²) in [5.74, 6) is 1.90. The Labute approximate surface area is 141 Å². The summed E-state index contributed by atoms with van der Waals surface area (Å²) in [6.45, 7) is 4.78. The summed E-state index contributed by atoms with van der Waals surface area (Å²) in [6, 6.07) is 11.5. The van der Waals surface area contributed by atoms with E-state index in [1.807, 2.05) is 36.4 Å². The van der Waals surface area contributed by atoms with Gasteiger partial charge in [0.2, 0.25) is 0 Å². The second-order valence-corrected chi connectivity index (χ2v) is 5.31. The van der Waals surface area contributed by atoms with Crippen LogP contribution in [0.25, 0.3) is 10.8 Å². The van der Waals surface area contributed by atoms with Crippen molar-refractivity contribution in [3.05, 3.63) is 49.1 Å². The van der Waals surface area contributed by atoms with E-state index in [4.69, 9.17) is 25.8 Å². The highest BCUT2D eigenvalue weighted by Crippen LogP contribution is 2.33. The van der Waals surface area contributed by atoms with Crippen LogP contribution in [0.1, 0.15) is 0 Å². The minimum absolute atomic E-state index is 0.156. The molecule has 2 aromatic rings. The molecule has 0 amide bonds. The van der Waals surface area contributed by atoms with Crippen molar-refractivity contribution in [1.29, 1.82) is 0 Å². The maximum Gasteiger partial charge on any atom is 0.127 e. The molecule has 0 aliphatic rings. The summed E-state index contributed by atoms with van der Waals surface area (Å²) in [5, 5.41) is 11.7. The first kappa shape index (κ1) is 17.6. The molecule has 4 nitrogen and oxygen atoms in total. The minimum Gasteiger partial charge on any atom is -0.492 e. The molecular formula is C18H21ClO4. The van der Waals surface area contributed by atoms with Gasteiger partial charge in [0.05, 0.1) is 19.1 Å². The fourth-order valence-electron chi connectivity index (χ4n) is 2.17. The maximum absolute atomic E-state index is 9.86. The van der Waals surface area contributed by atoms with E-state index in [0.29, 0.717) is 24.8 Å². The summed E-state index contributed by atoms with van der Waals surface area (Å²) in [6.07, 6.45) is 0.946. The van der Waals surface area contributed by atoms with Gasteiger partial charge in [0.1, 0.15) is 30.8 Å². The third-order valence-electron chi connectivity index (χ3n) is 3.16. The van der Waals surface area contributed by atoms with Gasteiger partial charge in [-0.2, -0.15) is 0 Å². The molecule has 0 saturated carbocycles. The Kier molecular flexibility index (Phi) is 7.20. The summed E-state index contributed by atoms with van der Waals surface area (Å²) >= 11 is 5.68. The molecular weight excluding hydrogens is 316 g/mol. The third-order valence-corrected chi connectivity index (χ3v) is 3.31. The number of hydrogen-bond donors (Lipinski definition) is 1. The molecule has 5 heteroatoms. The van der Waals surface area contributed by atoms with Crippen LogP contribution in [0, 0.1) is 0 Å². The van der Waals surface area contributed by atoms with Crippen LogP contribution >= 0.6 is 11.6 Å². The number of ether oxygens (including phenoxy) is 3. The first-order chi connectivity index (χ1) is 11.3. The Bertz CT molecular complexity index is 629. The largest absolute Gasteiger partial charge is 0.492 e. The van der Waals surface area contributed by atoms with Crippen molar-refractivity contribution in [3.8, 4) is 11.5 Å². The van der Waals surface area contributed by atoms with Crippen molar-refractivity contribution in [3.63, 3.8) is 0 Å². The van der Waals surface area contributed by atoms with Gasteiger partial charge in [0.15, 0.2) is 0 Å². The van der Waals surface area contributed by atoms with Gasteiger partial charge >= 0.3 is 0 Å². The molecule has 0 aliphatic heterocycles. The molecule has 0 aromatic heterocycles. The standard InChI is InChI=1S/C18H21ClO4/c1-2-10-21-12-14(20)13-23-18-8-7-17(22-11-9-19)15-5-3-4-6-16(15)18/h2-8,14,20H,1,9-13H2. The van der Waals surface area contributed by atoms with Crippen molar-refractivity contribution in [1.82, 2.24) is 0 Å². The van der Waals surface area contributed by atoms with Crippen molar-refractivity contribution in [2.24, 2.45) is 0 Å². The van der Waals surface area contributed by atoms with Crippen LogP contribution in [0.3, 0.4) is 0 Å². The molecule has 1 unspecified atom stereocenters. The topological polar surface area (TPSA) is 47.9 Å². The summed E-state index contributed by atoms with van der Waals surface area (Å²) in [7, 11) is 0. The van der Waals surface area contributed by atoms with Gasteiger partial charge in [-0.3, -0.25) is 0 Å². The lowest BCUT2D eigenvalue weighted by atomic mass is 10.1. The molecule has 124 valence electrons. The number of alkyl halides is 1. The van der Waals surface area contributed by atoms with Crippen LogP contribution < -0.4 is 9.47 Å². The summed E-state index contributed by atoms with van der Waals surface area (Å²) in [5.41, 5.74) is 0. The fourth-order valence-corrected chi connectivity index (χ4v) is 2.24. The van der Waals surface area contributed by atoms with Crippen LogP contribution in [0.4, 0.5) is 0 Å². The number of halogens is 1. The minimum atomic E-state index is -0.694. The van der Waals surface area contributed by atoms with Crippen LogP contribution in [-0.4, -0.2) is 43.5 Å². The molecule has 23 heavy (non-hydrogen) atoms. The highest BCUT2D eigenvalue weighted by molar-refractivity contribution is 6.18. The Morgan fingerprint density at radius 2 is 1.70 bits per heavy atom. The zero-order valence-electron chi connectivity index (χ0n) is 12.9. The Morgan fingerprint density at radius 1 is 1.04 bits per heavy atom. The monoisotopic (exact) mass is 336 g/mol. The molecule has 0 fully saturated rings. The number of rotatable bonds is 10. The second kappa shape index (κ2) is 9.40. The molecule has 0 spiro atoms. The van der Waals surface area contributed by atoms with Gasteiger partial charge < -0.3 is 19.3 Å². The molecule has 0 aliphatic carbocycles. The van der Waals surface area contributed by atoms with Crippen molar-refractivity contribution in [2.75, 3.05) is 32.3 Å². The zero-order chi connectivity index (χ0) is 16.5. The fraction of sp³-hybridized carbons (Fsp3) is 0.333. The molecule has 0 saturated heterocycles. The quantitative estimate of drug-likeness (QED) is 0.410. The number of benzene rings is 2. The van der Waals surface area contributed by atoms with E-state index in [-0.39, 0.29) is 13.2 Å². The van der Waals surface area contributed by atoms with E-state index in [0.717, 1.165) is 16.5 Å². The number of fused-ring (bicyclic) bond motifs is 1. The normalized spacial score (nSPS) is 12.1. The number of aliphatic hydroxyl groups excluding tert-OH is 1. The Balaban J connectivity index is 2.07. The van der Waals surface area contributed by atoms with E-state index >= 15 is 0 Å². The predicted octanol–water partition coefficient (Wildman–Crippen LogP) is 3.40. The predicted molar refractivity (Wildman–Crippen MR) is 92.7 cm³/mol. The molecule has 2 rings (SSSR count). The SMILES string of the molecule is C=CCOCC(O)COc1ccc(OCCCl)c2ccccc12. The van der Waals surface area contributed by atoms with Gasteiger partial charge in [-0.05, 0) is 12.1 Å². The van der Waals surface area contributed by atoms with Crippen LogP contribution in [-0.2, 0) is 4.74 Å². The lowest BCUT2D eigenvalue weighted by Gasteiger charge is -2.15. The van der Waals surface area contributed by atoms with E-state index in [2.05, 4.69) is 6.58 Å². The Hall–Kier alpha value is -1.75. The molecule has 1 atom stereocenters. The molecule has 0 radical (unpaired) electrons. The highest BCUT2D eigenvalue weighted by Gasteiger charge is 2.10. The smallest absolute Gasteiger partial charge is 0.127 e. The van der Waals surface area contributed by atoms with Gasteiger partial charge in [0, 0.05) is 10.8 Å². The summed E-state index contributed by atoms with van der Waals surface area (Å²) < 4.78 is 16.6. The number of aliphatic hydroxyl groups is 1. The van der Waals surface area contributed by atoms with Crippen LogP contribution in [0.5, 0.6) is 11.5 Å². The van der Waals surface area contributed by atoms with Crippen LogP contribution in [0.15, 0.2) is 49.1 Å². The van der Waals surface area contributed by atoms with E-state index in [1.165, 1.54) is 0 Å². The number of hydrogen-bond acceptors (Lipinski definition) is 4. The van der Waals surface area contributed by atoms with Crippen LogP contribution in [0.2, 0.25) is 0 Å². The average Bonchev–Trinajstić information content (AvgIpc) is 2.58. The van der Waals surface area contributed by atoms with E-state index in [9.17, 15) is 5.11 Å². The maximum atomic E-state index is 9.86. The van der Waals surface area contributed by atoms with Crippen molar-refractivity contribution < 1.29 is 19.3 Å². The van der Waals surface area contributed by atoms with Gasteiger partial charge in [0.25, 0.3) is 0 Å². The molecule has 1 N–H and O–H groups in total. The Morgan fingerprint density at radius 3 is 2.30 bits per heavy atom. The van der Waals surface area contributed by atoms with E-state index in [1.54, 1.807) is 6.08 Å². The highest BCUT2D eigenvalue weighted by atomic mass is 35.5. The lowest BCUT2D eigenvalue weighted by molar-refractivity contribution is 0.0217. The zero-order valence-corrected chi connectivity index (χ0v) is 13.7. The van der Waals surface area contributed by atoms with Gasteiger partial charge in [-0.25, -0.2) is 0 Å². The van der Waals surface area contributed by atoms with Gasteiger partial charge in [-0.1, -0.05) is 30.3 Å². The lowest BCUT2D eigenvalue weighted by Crippen LogP contribution is -2.23. The van der Waals surface area contributed by atoms with Crippen molar-refractivity contribution in [2.45, 2.75) is 6.10 Å². The second-order valence-electron chi connectivity index (χ2n) is 4.94. The third kappa shape index (κ3) is 5.13. The van der Waals surface area contributed by atoms with Crippen molar-refractivity contribution >= 4 is 22.4 Å². The first-order valence-electron chi connectivity index (χ1n) is 7.46. The first-order valence-corrected chi connectivity index (χ1v) is 7.99. The molecule has 2 aromatic carbocycles. The van der Waals surface area contributed by atoms with E-state index < -0.39 is 6.10 Å². The molecule has 0 heterocycles. The van der Waals surface area contributed by atoms with Gasteiger partial charge in [-0.15, -0.1) is 18.2 Å². The average molecular weight is 337 g/mol. The summed E-state index contributed by atoms with van der Waals surface area (Å²) in [4.78, 5) is 0. The molecule has 0 bridgehead atoms.